The minimum atomic E-state index is -3.66. The summed E-state index contributed by atoms with van der Waals surface area (Å²) in [6.45, 7) is -0.135. The van der Waals surface area contributed by atoms with Crippen molar-refractivity contribution < 1.29 is 13.5 Å². The molecule has 0 spiro atoms. The van der Waals surface area contributed by atoms with Crippen molar-refractivity contribution in [1.82, 2.24) is 0 Å². The van der Waals surface area contributed by atoms with Crippen LogP contribution in [0.1, 0.15) is 5.56 Å². The lowest BCUT2D eigenvalue weighted by Crippen LogP contribution is -2.13. The molecule has 0 saturated carbocycles. The first kappa shape index (κ1) is 15.7. The van der Waals surface area contributed by atoms with Crippen LogP contribution < -0.4 is 4.72 Å². The second kappa shape index (κ2) is 6.42. The zero-order chi connectivity index (χ0) is 14.8. The van der Waals surface area contributed by atoms with E-state index in [2.05, 4.69) is 43.2 Å². The van der Waals surface area contributed by atoms with Crippen molar-refractivity contribution in [1.29, 1.82) is 0 Å². The number of rotatable bonds is 4. The molecule has 0 amide bonds. The molecule has 0 unspecified atom stereocenters. The van der Waals surface area contributed by atoms with Crippen LogP contribution in [0.15, 0.2) is 51.8 Å². The summed E-state index contributed by atoms with van der Waals surface area (Å²) in [7, 11) is -3.66. The minimum Gasteiger partial charge on any atom is -0.392 e. The van der Waals surface area contributed by atoms with Crippen LogP contribution >= 0.6 is 38.5 Å². The molecule has 0 aromatic heterocycles. The topological polar surface area (TPSA) is 66.4 Å². The summed E-state index contributed by atoms with van der Waals surface area (Å²) in [6, 6.07) is 11.7. The molecule has 2 aromatic rings. The SMILES string of the molecule is O=S(=O)(Nc1ccc(I)cc1)c1ccc(CO)cc1Br. The number of anilines is 1. The van der Waals surface area contributed by atoms with Gasteiger partial charge in [-0.3, -0.25) is 4.72 Å². The number of sulfonamides is 1. The molecule has 0 atom stereocenters. The third kappa shape index (κ3) is 3.72. The maximum Gasteiger partial charge on any atom is 0.263 e. The quantitative estimate of drug-likeness (QED) is 0.677. The highest BCUT2D eigenvalue weighted by molar-refractivity contribution is 14.1. The maximum absolute atomic E-state index is 12.3. The lowest BCUT2D eigenvalue weighted by molar-refractivity contribution is 0.281. The lowest BCUT2D eigenvalue weighted by Gasteiger charge is -2.10. The smallest absolute Gasteiger partial charge is 0.263 e. The minimum absolute atomic E-state index is 0.133. The second-order valence-corrected chi connectivity index (χ2v) is 7.79. The molecule has 0 radical (unpaired) electrons. The summed E-state index contributed by atoms with van der Waals surface area (Å²) < 4.78 is 28.6. The Hall–Kier alpha value is -0.640. The van der Waals surface area contributed by atoms with Crippen molar-refractivity contribution in [2.75, 3.05) is 4.72 Å². The van der Waals surface area contributed by atoms with Crippen LogP contribution in [-0.4, -0.2) is 13.5 Å². The van der Waals surface area contributed by atoms with E-state index in [1.54, 1.807) is 24.3 Å². The number of hydrogen-bond donors (Lipinski definition) is 2. The van der Waals surface area contributed by atoms with Crippen LogP contribution in [0.3, 0.4) is 0 Å². The summed E-state index contributed by atoms with van der Waals surface area (Å²) in [5.41, 5.74) is 1.15. The van der Waals surface area contributed by atoms with Gasteiger partial charge in [-0.05, 0) is 80.5 Å². The van der Waals surface area contributed by atoms with Gasteiger partial charge >= 0.3 is 0 Å². The molecule has 7 heteroatoms. The molecule has 0 aliphatic rings. The fraction of sp³-hybridized carbons (Fsp3) is 0.0769. The summed E-state index contributed by atoms with van der Waals surface area (Å²) in [5, 5.41) is 9.03. The molecule has 20 heavy (non-hydrogen) atoms. The van der Waals surface area contributed by atoms with Crippen LogP contribution in [-0.2, 0) is 16.6 Å². The van der Waals surface area contributed by atoms with Crippen LogP contribution in [0, 0.1) is 3.57 Å². The average Bonchev–Trinajstić information content (AvgIpc) is 2.40. The van der Waals surface area contributed by atoms with Gasteiger partial charge in [0.05, 0.1) is 6.61 Å². The molecule has 0 saturated heterocycles. The van der Waals surface area contributed by atoms with Gasteiger partial charge in [0.2, 0.25) is 0 Å². The number of hydrogen-bond acceptors (Lipinski definition) is 3. The Labute approximate surface area is 139 Å². The number of benzene rings is 2. The molecular weight excluding hydrogens is 457 g/mol. The zero-order valence-electron chi connectivity index (χ0n) is 10.2. The van der Waals surface area contributed by atoms with Crippen LogP contribution in [0.25, 0.3) is 0 Å². The molecule has 0 aliphatic carbocycles. The van der Waals surface area contributed by atoms with Gasteiger partial charge < -0.3 is 5.11 Å². The first-order chi connectivity index (χ1) is 9.42. The van der Waals surface area contributed by atoms with E-state index in [0.29, 0.717) is 15.7 Å². The van der Waals surface area contributed by atoms with Gasteiger partial charge in [0, 0.05) is 13.7 Å². The lowest BCUT2D eigenvalue weighted by atomic mass is 10.2. The third-order valence-corrected chi connectivity index (χ3v) is 5.64. The number of aliphatic hydroxyl groups is 1. The normalized spacial score (nSPS) is 11.3. The molecule has 2 N–H and O–H groups in total. The van der Waals surface area contributed by atoms with Gasteiger partial charge in [-0.15, -0.1) is 0 Å². The monoisotopic (exact) mass is 467 g/mol. The van der Waals surface area contributed by atoms with Gasteiger partial charge in [0.15, 0.2) is 0 Å². The highest BCUT2D eigenvalue weighted by atomic mass is 127. The highest BCUT2D eigenvalue weighted by Gasteiger charge is 2.17. The number of nitrogens with one attached hydrogen (secondary N) is 1. The number of aliphatic hydroxyl groups excluding tert-OH is 1. The average molecular weight is 468 g/mol. The van der Waals surface area contributed by atoms with Crippen molar-refractivity contribution >= 4 is 54.2 Å². The standard InChI is InChI=1S/C13H11BrINO3S/c14-12-7-9(8-17)1-6-13(12)20(18,19)16-11-4-2-10(15)3-5-11/h1-7,16-17H,8H2. The van der Waals surface area contributed by atoms with Crippen molar-refractivity contribution in [2.45, 2.75) is 11.5 Å². The first-order valence-corrected chi connectivity index (χ1v) is 8.95. The van der Waals surface area contributed by atoms with E-state index in [-0.39, 0.29) is 11.5 Å². The number of halogens is 2. The largest absolute Gasteiger partial charge is 0.392 e. The fourth-order valence-corrected chi connectivity index (χ4v) is 4.13. The summed E-state index contributed by atoms with van der Waals surface area (Å²) in [5.74, 6) is 0. The Balaban J connectivity index is 2.33. The van der Waals surface area contributed by atoms with Crippen LogP contribution in [0.5, 0.6) is 0 Å². The van der Waals surface area contributed by atoms with Crippen molar-refractivity contribution in [3.8, 4) is 0 Å². The molecule has 106 valence electrons. The molecule has 0 aliphatic heterocycles. The van der Waals surface area contributed by atoms with Crippen molar-refractivity contribution in [3.63, 3.8) is 0 Å². The maximum atomic E-state index is 12.3. The Morgan fingerprint density at radius 1 is 1.15 bits per heavy atom. The summed E-state index contributed by atoms with van der Waals surface area (Å²) >= 11 is 5.37. The van der Waals surface area contributed by atoms with E-state index in [1.807, 2.05) is 12.1 Å². The summed E-state index contributed by atoms with van der Waals surface area (Å²) in [4.78, 5) is 0.133. The molecule has 2 aromatic carbocycles. The van der Waals surface area contributed by atoms with E-state index in [0.717, 1.165) is 3.57 Å². The van der Waals surface area contributed by atoms with Gasteiger partial charge in [0.1, 0.15) is 4.90 Å². The van der Waals surface area contributed by atoms with Gasteiger partial charge in [-0.1, -0.05) is 6.07 Å². The Morgan fingerprint density at radius 3 is 2.35 bits per heavy atom. The predicted octanol–water partition coefficient (Wildman–Crippen LogP) is 3.35. The van der Waals surface area contributed by atoms with E-state index in [9.17, 15) is 8.42 Å². The van der Waals surface area contributed by atoms with E-state index in [4.69, 9.17) is 5.11 Å². The van der Waals surface area contributed by atoms with Gasteiger partial charge in [-0.25, -0.2) is 8.42 Å². The first-order valence-electron chi connectivity index (χ1n) is 5.60. The van der Waals surface area contributed by atoms with Crippen LogP contribution in [0.4, 0.5) is 5.69 Å². The van der Waals surface area contributed by atoms with E-state index in [1.165, 1.54) is 6.07 Å². The Kier molecular flexibility index (Phi) is 5.05. The third-order valence-electron chi connectivity index (χ3n) is 2.56. The molecule has 0 heterocycles. The van der Waals surface area contributed by atoms with E-state index >= 15 is 0 Å². The molecule has 2 rings (SSSR count). The Morgan fingerprint density at radius 2 is 1.80 bits per heavy atom. The summed E-state index contributed by atoms with van der Waals surface area (Å²) in [6.07, 6.45) is 0. The van der Waals surface area contributed by atoms with Gasteiger partial charge in [-0.2, -0.15) is 0 Å². The van der Waals surface area contributed by atoms with Crippen LogP contribution in [0.2, 0.25) is 0 Å². The Bertz CT molecular complexity index is 717. The fourth-order valence-electron chi connectivity index (χ4n) is 1.59. The van der Waals surface area contributed by atoms with Crippen molar-refractivity contribution in [2.24, 2.45) is 0 Å². The zero-order valence-corrected chi connectivity index (χ0v) is 14.7. The predicted molar refractivity (Wildman–Crippen MR) is 90.0 cm³/mol. The van der Waals surface area contributed by atoms with Gasteiger partial charge in [0.25, 0.3) is 10.0 Å². The molecule has 0 fully saturated rings. The van der Waals surface area contributed by atoms with Crippen molar-refractivity contribution in [3.05, 3.63) is 56.1 Å². The molecule has 0 bridgehead atoms. The van der Waals surface area contributed by atoms with E-state index < -0.39 is 10.0 Å². The molecular formula is C13H11BrINO3S. The molecule has 4 nitrogen and oxygen atoms in total. The highest BCUT2D eigenvalue weighted by Crippen LogP contribution is 2.25. The second-order valence-electron chi connectivity index (χ2n) is 4.04.